The van der Waals surface area contributed by atoms with Crippen LogP contribution in [0.4, 0.5) is 18.9 Å². The van der Waals surface area contributed by atoms with Crippen LogP contribution in [0.2, 0.25) is 0 Å². The van der Waals surface area contributed by atoms with Gasteiger partial charge in [-0.25, -0.2) is 0 Å². The van der Waals surface area contributed by atoms with Gasteiger partial charge < -0.3 is 9.47 Å². The minimum absolute atomic E-state index is 0.0322. The molecule has 0 spiro atoms. The fourth-order valence-electron chi connectivity index (χ4n) is 3.13. The molecule has 3 rings (SSSR count). The van der Waals surface area contributed by atoms with Gasteiger partial charge in [0.2, 0.25) is 0 Å². The van der Waals surface area contributed by atoms with Crippen LogP contribution in [-0.2, 0) is 17.5 Å². The van der Waals surface area contributed by atoms with Crippen molar-refractivity contribution in [2.45, 2.75) is 50.5 Å². The van der Waals surface area contributed by atoms with Crippen molar-refractivity contribution < 1.29 is 27.6 Å². The molecule has 1 aliphatic rings. The molecular formula is C16H19ClF3N5O4. The van der Waals surface area contributed by atoms with Crippen LogP contribution in [0, 0.1) is 17.0 Å². The topological polar surface area (TPSA) is 97.2 Å². The van der Waals surface area contributed by atoms with E-state index in [1.807, 2.05) is 0 Å². The first-order chi connectivity index (χ1) is 13.7. The molecule has 1 saturated heterocycles. The highest BCUT2D eigenvalue weighted by Gasteiger charge is 2.34. The van der Waals surface area contributed by atoms with Crippen LogP contribution in [0.25, 0.3) is 0 Å². The van der Waals surface area contributed by atoms with E-state index in [1.165, 1.54) is 10.9 Å². The third-order valence-electron chi connectivity index (χ3n) is 4.52. The Hall–Kier alpha value is -2.34. The van der Waals surface area contributed by atoms with Gasteiger partial charge in [0.25, 0.3) is 0 Å². The number of aromatic nitrogens is 4. The average molecular weight is 438 g/mol. The predicted molar refractivity (Wildman–Crippen MR) is 94.8 cm³/mol. The molecular weight excluding hydrogens is 419 g/mol. The van der Waals surface area contributed by atoms with E-state index >= 15 is 0 Å². The van der Waals surface area contributed by atoms with E-state index in [-0.39, 0.29) is 30.8 Å². The standard InChI is InChI=1S/C16H19ClF3N5O4/c1-10-14(25(26)27)15(22-24(10)11-4-8-28-13(17)9-11)29-7-2-5-23-6-3-12(21-23)16(18,19)20/h3,6,11,13H,2,4-5,7-9H2,1H3. The quantitative estimate of drug-likeness (QED) is 0.283. The summed E-state index contributed by atoms with van der Waals surface area (Å²) in [6, 6.07) is 0.738. The van der Waals surface area contributed by atoms with Crippen LogP contribution >= 0.6 is 11.6 Å². The Labute approximate surface area is 168 Å². The molecule has 0 saturated carbocycles. The Balaban J connectivity index is 1.63. The van der Waals surface area contributed by atoms with Gasteiger partial charge in [0.1, 0.15) is 11.3 Å². The zero-order valence-electron chi connectivity index (χ0n) is 15.4. The molecule has 0 radical (unpaired) electrons. The molecule has 1 fully saturated rings. The summed E-state index contributed by atoms with van der Waals surface area (Å²) in [5.41, 5.74) is -1.35. The molecule has 13 heteroatoms. The minimum Gasteiger partial charge on any atom is -0.472 e. The van der Waals surface area contributed by atoms with Crippen molar-refractivity contribution in [2.24, 2.45) is 0 Å². The molecule has 29 heavy (non-hydrogen) atoms. The molecule has 2 aromatic rings. The van der Waals surface area contributed by atoms with Gasteiger partial charge in [-0.15, -0.1) is 5.10 Å². The summed E-state index contributed by atoms with van der Waals surface area (Å²) in [6.07, 6.45) is -1.91. The van der Waals surface area contributed by atoms with Crippen molar-refractivity contribution in [2.75, 3.05) is 13.2 Å². The summed E-state index contributed by atoms with van der Waals surface area (Å²) >= 11 is 6.01. The number of ether oxygens (including phenoxy) is 2. The van der Waals surface area contributed by atoms with E-state index in [0.29, 0.717) is 31.6 Å². The average Bonchev–Trinajstić information content (AvgIpc) is 3.23. The lowest BCUT2D eigenvalue weighted by Gasteiger charge is -2.26. The number of nitrogens with zero attached hydrogens (tertiary/aromatic N) is 5. The van der Waals surface area contributed by atoms with Crippen molar-refractivity contribution in [3.63, 3.8) is 0 Å². The van der Waals surface area contributed by atoms with E-state index in [1.54, 1.807) is 6.92 Å². The summed E-state index contributed by atoms with van der Waals surface area (Å²) in [5, 5.41) is 19.1. The number of aryl methyl sites for hydroxylation is 1. The maximum atomic E-state index is 12.6. The molecule has 0 aromatic carbocycles. The maximum Gasteiger partial charge on any atom is 0.435 e. The van der Waals surface area contributed by atoms with Crippen molar-refractivity contribution >= 4 is 17.3 Å². The van der Waals surface area contributed by atoms with E-state index in [2.05, 4.69) is 10.2 Å². The molecule has 2 aromatic heterocycles. The van der Waals surface area contributed by atoms with Crippen LogP contribution in [0.1, 0.15) is 36.7 Å². The lowest BCUT2D eigenvalue weighted by Crippen LogP contribution is -2.25. The first-order valence-electron chi connectivity index (χ1n) is 8.89. The van der Waals surface area contributed by atoms with Gasteiger partial charge in [0.15, 0.2) is 5.69 Å². The summed E-state index contributed by atoms with van der Waals surface area (Å²) in [5.74, 6) is -0.124. The number of halogens is 4. The monoisotopic (exact) mass is 437 g/mol. The third-order valence-corrected chi connectivity index (χ3v) is 4.83. The van der Waals surface area contributed by atoms with E-state index in [9.17, 15) is 23.3 Å². The molecule has 9 nitrogen and oxygen atoms in total. The highest BCUT2D eigenvalue weighted by atomic mass is 35.5. The van der Waals surface area contributed by atoms with Crippen molar-refractivity contribution in [3.05, 3.63) is 33.8 Å². The van der Waals surface area contributed by atoms with Gasteiger partial charge in [-0.2, -0.15) is 18.3 Å². The van der Waals surface area contributed by atoms with E-state index < -0.39 is 22.4 Å². The second-order valence-corrected chi connectivity index (χ2v) is 7.05. The van der Waals surface area contributed by atoms with Crippen LogP contribution < -0.4 is 4.74 Å². The van der Waals surface area contributed by atoms with Gasteiger partial charge >= 0.3 is 17.7 Å². The molecule has 2 atom stereocenters. The Morgan fingerprint density at radius 2 is 2.21 bits per heavy atom. The van der Waals surface area contributed by atoms with Gasteiger partial charge in [-0.3, -0.25) is 19.5 Å². The fraction of sp³-hybridized carbons (Fsp3) is 0.625. The van der Waals surface area contributed by atoms with Crippen LogP contribution in [0.3, 0.4) is 0 Å². The third kappa shape index (κ3) is 4.99. The number of hydrogen-bond acceptors (Lipinski definition) is 6. The van der Waals surface area contributed by atoms with Gasteiger partial charge in [0, 0.05) is 25.6 Å². The molecule has 3 heterocycles. The summed E-state index contributed by atoms with van der Waals surface area (Å²) < 4.78 is 51.1. The summed E-state index contributed by atoms with van der Waals surface area (Å²) in [4.78, 5) is 10.9. The molecule has 0 aliphatic carbocycles. The smallest absolute Gasteiger partial charge is 0.435 e. The highest BCUT2D eigenvalue weighted by Crippen LogP contribution is 2.35. The molecule has 1 aliphatic heterocycles. The van der Waals surface area contributed by atoms with E-state index in [4.69, 9.17) is 21.1 Å². The van der Waals surface area contributed by atoms with Crippen molar-refractivity contribution in [1.29, 1.82) is 0 Å². The summed E-state index contributed by atoms with van der Waals surface area (Å²) in [6.45, 7) is 2.20. The molecule has 0 amide bonds. The Bertz CT molecular complexity index is 869. The zero-order chi connectivity index (χ0) is 21.2. The Kier molecular flexibility index (Phi) is 6.32. The second-order valence-electron chi connectivity index (χ2n) is 6.56. The first-order valence-corrected chi connectivity index (χ1v) is 9.33. The van der Waals surface area contributed by atoms with E-state index in [0.717, 1.165) is 10.7 Å². The van der Waals surface area contributed by atoms with Crippen molar-refractivity contribution in [1.82, 2.24) is 19.6 Å². The van der Waals surface area contributed by atoms with Crippen LogP contribution in [0.15, 0.2) is 12.3 Å². The number of nitro groups is 1. The zero-order valence-corrected chi connectivity index (χ0v) is 16.2. The summed E-state index contributed by atoms with van der Waals surface area (Å²) in [7, 11) is 0. The molecule has 0 N–H and O–H groups in total. The number of rotatable bonds is 7. The second kappa shape index (κ2) is 8.57. The fourth-order valence-corrected chi connectivity index (χ4v) is 3.43. The lowest BCUT2D eigenvalue weighted by molar-refractivity contribution is -0.386. The lowest BCUT2D eigenvalue weighted by atomic mass is 10.1. The number of hydrogen-bond donors (Lipinski definition) is 0. The van der Waals surface area contributed by atoms with Gasteiger partial charge in [-0.1, -0.05) is 11.6 Å². The normalized spacial score (nSPS) is 20.0. The Morgan fingerprint density at radius 1 is 1.45 bits per heavy atom. The van der Waals surface area contributed by atoms with Crippen LogP contribution in [0.5, 0.6) is 5.88 Å². The molecule has 160 valence electrons. The van der Waals surface area contributed by atoms with Gasteiger partial charge in [0.05, 0.1) is 24.2 Å². The van der Waals surface area contributed by atoms with Crippen molar-refractivity contribution in [3.8, 4) is 5.88 Å². The minimum atomic E-state index is -4.50. The molecule has 0 bridgehead atoms. The Morgan fingerprint density at radius 3 is 2.83 bits per heavy atom. The van der Waals surface area contributed by atoms with Crippen LogP contribution in [-0.4, -0.2) is 43.3 Å². The maximum absolute atomic E-state index is 12.6. The van der Waals surface area contributed by atoms with Gasteiger partial charge in [-0.05, 0) is 19.4 Å². The highest BCUT2D eigenvalue weighted by molar-refractivity contribution is 6.19. The number of alkyl halides is 4. The SMILES string of the molecule is Cc1c([N+](=O)[O-])c(OCCCn2ccc(C(F)(F)F)n2)nn1C1CCOC(Cl)C1. The first kappa shape index (κ1) is 21.4. The predicted octanol–water partition coefficient (Wildman–Crippen LogP) is 3.70. The molecule has 2 unspecified atom stereocenters. The largest absolute Gasteiger partial charge is 0.472 e.